The number of ether oxygens (including phenoxy) is 1. The summed E-state index contributed by atoms with van der Waals surface area (Å²) in [4.78, 5) is 0. The van der Waals surface area contributed by atoms with Crippen molar-refractivity contribution in [1.29, 1.82) is 0 Å². The maximum absolute atomic E-state index is 5.61. The van der Waals surface area contributed by atoms with Crippen LogP contribution in [0.15, 0.2) is 36.4 Å². The van der Waals surface area contributed by atoms with Gasteiger partial charge < -0.3 is 10.5 Å². The summed E-state index contributed by atoms with van der Waals surface area (Å²) in [7, 11) is 0. The van der Waals surface area contributed by atoms with Crippen LogP contribution in [0.4, 0.5) is 5.00 Å². The molecule has 1 aromatic heterocycles. The van der Waals surface area contributed by atoms with E-state index in [0.717, 1.165) is 30.1 Å². The molecule has 0 radical (unpaired) electrons. The van der Waals surface area contributed by atoms with Gasteiger partial charge in [-0.2, -0.15) is 4.37 Å². The highest BCUT2D eigenvalue weighted by atomic mass is 32.1. The Morgan fingerprint density at radius 1 is 1.24 bits per heavy atom. The van der Waals surface area contributed by atoms with E-state index in [4.69, 9.17) is 10.5 Å². The van der Waals surface area contributed by atoms with Crippen molar-refractivity contribution in [2.45, 2.75) is 19.4 Å². The first-order valence-corrected chi connectivity index (χ1v) is 6.44. The Labute approximate surface area is 105 Å². The number of benzene rings is 1. The lowest BCUT2D eigenvalue weighted by Gasteiger charge is -2.03. The van der Waals surface area contributed by atoms with E-state index in [9.17, 15) is 0 Å². The highest BCUT2D eigenvalue weighted by Gasteiger charge is 1.99. The van der Waals surface area contributed by atoms with Crippen LogP contribution in [0.25, 0.3) is 0 Å². The molecular formula is C13H16N2OS. The van der Waals surface area contributed by atoms with E-state index in [1.54, 1.807) is 0 Å². The van der Waals surface area contributed by atoms with Crippen LogP contribution in [0.2, 0.25) is 0 Å². The molecule has 0 atom stereocenters. The summed E-state index contributed by atoms with van der Waals surface area (Å²) in [6.07, 6.45) is 1.92. The number of nitrogens with two attached hydrogens (primary N) is 1. The van der Waals surface area contributed by atoms with Crippen molar-refractivity contribution in [2.24, 2.45) is 0 Å². The molecular weight excluding hydrogens is 232 g/mol. The van der Waals surface area contributed by atoms with E-state index in [1.165, 1.54) is 17.1 Å². The predicted octanol–water partition coefficient (Wildman–Crippen LogP) is 2.87. The lowest BCUT2D eigenvalue weighted by atomic mass is 10.2. The summed E-state index contributed by atoms with van der Waals surface area (Å²) in [5.41, 5.74) is 7.89. The predicted molar refractivity (Wildman–Crippen MR) is 70.9 cm³/mol. The molecule has 0 bridgehead atoms. The summed E-state index contributed by atoms with van der Waals surface area (Å²) in [5.74, 6) is 0. The topological polar surface area (TPSA) is 48.1 Å². The second-order valence-electron chi connectivity index (χ2n) is 3.86. The molecule has 0 saturated heterocycles. The maximum Gasteiger partial charge on any atom is 0.107 e. The van der Waals surface area contributed by atoms with Crippen LogP contribution in [-0.4, -0.2) is 11.0 Å². The van der Waals surface area contributed by atoms with Crippen molar-refractivity contribution >= 4 is 16.5 Å². The van der Waals surface area contributed by atoms with Gasteiger partial charge in [0.05, 0.1) is 12.3 Å². The fourth-order valence-electron chi connectivity index (χ4n) is 1.57. The molecule has 2 N–H and O–H groups in total. The number of hydrogen-bond acceptors (Lipinski definition) is 4. The minimum absolute atomic E-state index is 0.681. The first-order valence-electron chi connectivity index (χ1n) is 5.67. The zero-order valence-electron chi connectivity index (χ0n) is 9.63. The molecule has 2 aromatic rings. The van der Waals surface area contributed by atoms with Crippen molar-refractivity contribution in [3.8, 4) is 0 Å². The van der Waals surface area contributed by atoms with Crippen molar-refractivity contribution in [3.63, 3.8) is 0 Å². The number of anilines is 1. The molecule has 90 valence electrons. The summed E-state index contributed by atoms with van der Waals surface area (Å²) < 4.78 is 9.83. The van der Waals surface area contributed by atoms with Crippen LogP contribution >= 0.6 is 11.5 Å². The first-order chi connectivity index (χ1) is 8.34. The third-order valence-electron chi connectivity index (χ3n) is 2.41. The van der Waals surface area contributed by atoms with Crippen LogP contribution in [0.5, 0.6) is 0 Å². The Morgan fingerprint density at radius 3 is 2.76 bits per heavy atom. The smallest absolute Gasteiger partial charge is 0.107 e. The number of aryl methyl sites for hydroxylation is 1. The Kier molecular flexibility index (Phi) is 4.53. The van der Waals surface area contributed by atoms with E-state index in [2.05, 4.69) is 16.5 Å². The molecule has 2 rings (SSSR count). The largest absolute Gasteiger partial charge is 0.389 e. The van der Waals surface area contributed by atoms with Crippen molar-refractivity contribution in [3.05, 3.63) is 47.7 Å². The zero-order valence-corrected chi connectivity index (χ0v) is 10.5. The molecule has 1 aromatic carbocycles. The zero-order chi connectivity index (χ0) is 11.9. The molecule has 0 unspecified atom stereocenters. The molecule has 0 saturated carbocycles. The Hall–Kier alpha value is -1.39. The molecule has 4 heteroatoms. The minimum atomic E-state index is 0.681. The monoisotopic (exact) mass is 248 g/mol. The highest BCUT2D eigenvalue weighted by Crippen LogP contribution is 2.13. The molecule has 17 heavy (non-hydrogen) atoms. The van der Waals surface area contributed by atoms with Crippen molar-refractivity contribution in [1.82, 2.24) is 4.37 Å². The Bertz CT molecular complexity index is 442. The number of aromatic nitrogens is 1. The second-order valence-corrected chi connectivity index (χ2v) is 4.70. The highest BCUT2D eigenvalue weighted by molar-refractivity contribution is 7.10. The van der Waals surface area contributed by atoms with Crippen LogP contribution in [-0.2, 0) is 17.8 Å². The van der Waals surface area contributed by atoms with Crippen LogP contribution < -0.4 is 5.73 Å². The quantitative estimate of drug-likeness (QED) is 0.800. The average Bonchev–Trinajstić information content (AvgIpc) is 2.76. The fourth-order valence-corrected chi connectivity index (χ4v) is 2.12. The summed E-state index contributed by atoms with van der Waals surface area (Å²) in [5, 5.41) is 0.783. The minimum Gasteiger partial charge on any atom is -0.389 e. The van der Waals surface area contributed by atoms with Crippen LogP contribution in [0.1, 0.15) is 17.7 Å². The Balaban J connectivity index is 1.61. The maximum atomic E-state index is 5.61. The van der Waals surface area contributed by atoms with Gasteiger partial charge in [0.2, 0.25) is 0 Å². The molecule has 0 aliphatic carbocycles. The average molecular weight is 248 g/mol. The van der Waals surface area contributed by atoms with Gasteiger partial charge in [-0.25, -0.2) is 0 Å². The lowest BCUT2D eigenvalue weighted by molar-refractivity contribution is 0.118. The van der Waals surface area contributed by atoms with Gasteiger partial charge >= 0.3 is 0 Å². The second kappa shape index (κ2) is 6.37. The summed E-state index contributed by atoms with van der Waals surface area (Å²) in [6.45, 7) is 1.44. The standard InChI is InChI=1S/C13H16N2OS/c14-13-9-12(15-17-13)7-4-8-16-10-11-5-2-1-3-6-11/h1-3,5-6,9H,4,7-8,10,14H2. The Morgan fingerprint density at radius 2 is 2.06 bits per heavy atom. The molecule has 0 fully saturated rings. The van der Waals surface area contributed by atoms with Crippen LogP contribution in [0, 0.1) is 0 Å². The molecule has 1 heterocycles. The van der Waals surface area contributed by atoms with E-state index < -0.39 is 0 Å². The van der Waals surface area contributed by atoms with Crippen molar-refractivity contribution in [2.75, 3.05) is 12.3 Å². The van der Waals surface area contributed by atoms with E-state index in [-0.39, 0.29) is 0 Å². The van der Waals surface area contributed by atoms with Gasteiger partial charge in [-0.05, 0) is 36.0 Å². The lowest BCUT2D eigenvalue weighted by Crippen LogP contribution is -1.97. The molecule has 0 aliphatic rings. The normalized spacial score (nSPS) is 10.6. The molecule has 0 aliphatic heterocycles. The van der Waals surface area contributed by atoms with Gasteiger partial charge in [-0.1, -0.05) is 30.3 Å². The fraction of sp³-hybridized carbons (Fsp3) is 0.308. The molecule has 0 amide bonds. The van der Waals surface area contributed by atoms with Gasteiger partial charge in [0.1, 0.15) is 5.00 Å². The number of nitrogen functional groups attached to an aromatic ring is 1. The molecule has 3 nitrogen and oxygen atoms in total. The van der Waals surface area contributed by atoms with E-state index >= 15 is 0 Å². The van der Waals surface area contributed by atoms with Gasteiger partial charge in [-0.3, -0.25) is 0 Å². The number of hydrogen-bond donors (Lipinski definition) is 1. The third-order valence-corrected chi connectivity index (χ3v) is 3.06. The van der Waals surface area contributed by atoms with Gasteiger partial charge in [-0.15, -0.1) is 0 Å². The number of rotatable bonds is 6. The van der Waals surface area contributed by atoms with Gasteiger partial charge in [0, 0.05) is 6.61 Å². The summed E-state index contributed by atoms with van der Waals surface area (Å²) >= 11 is 1.35. The van der Waals surface area contributed by atoms with E-state index in [0.29, 0.717) is 6.61 Å². The molecule has 0 spiro atoms. The van der Waals surface area contributed by atoms with Crippen molar-refractivity contribution < 1.29 is 4.74 Å². The SMILES string of the molecule is Nc1cc(CCCOCc2ccccc2)ns1. The number of nitrogens with zero attached hydrogens (tertiary/aromatic N) is 1. The van der Waals surface area contributed by atoms with Gasteiger partial charge in [0.25, 0.3) is 0 Å². The summed E-state index contributed by atoms with van der Waals surface area (Å²) in [6, 6.07) is 12.1. The van der Waals surface area contributed by atoms with Crippen LogP contribution in [0.3, 0.4) is 0 Å². The first kappa shape index (κ1) is 12.1. The van der Waals surface area contributed by atoms with E-state index in [1.807, 2.05) is 24.3 Å². The van der Waals surface area contributed by atoms with Gasteiger partial charge in [0.15, 0.2) is 0 Å². The third kappa shape index (κ3) is 4.17.